The maximum Gasteiger partial charge on any atom is 0.454 e. The van der Waals surface area contributed by atoms with Crippen LogP contribution in [0.2, 0.25) is 0 Å². The van der Waals surface area contributed by atoms with Gasteiger partial charge in [0, 0.05) is 59.1 Å². The summed E-state index contributed by atoms with van der Waals surface area (Å²) in [4.78, 5) is 19.7. The van der Waals surface area contributed by atoms with E-state index in [1.165, 1.54) is 0 Å². The summed E-state index contributed by atoms with van der Waals surface area (Å²) >= 11 is 0. The number of aliphatic hydroxyl groups excluding tert-OH is 2. The second-order valence-corrected chi connectivity index (χ2v) is 3.78. The molecule has 29 heavy (non-hydrogen) atoms. The van der Waals surface area contributed by atoms with Crippen molar-refractivity contribution < 1.29 is 130 Å². The average molecular weight is 625 g/mol. The summed E-state index contributed by atoms with van der Waals surface area (Å²) in [5, 5.41) is 15.9. The Morgan fingerprint density at radius 1 is 0.517 bits per heavy atom. The van der Waals surface area contributed by atoms with E-state index in [0.717, 1.165) is 0 Å². The van der Waals surface area contributed by atoms with E-state index in [9.17, 15) is 62.3 Å². The number of rotatable bonds is 2. The summed E-state index contributed by atoms with van der Waals surface area (Å²) in [5.41, 5.74) is 0. The zero-order valence-corrected chi connectivity index (χ0v) is 14.4. The first-order valence-electron chi connectivity index (χ1n) is 5.28. The summed E-state index contributed by atoms with van der Waals surface area (Å²) in [6.07, 6.45) is -23.4. The molecule has 0 saturated heterocycles. The van der Waals surface area contributed by atoms with Crippen molar-refractivity contribution in [3.05, 3.63) is 23.7 Å². The van der Waals surface area contributed by atoms with E-state index in [2.05, 4.69) is 0 Å². The van der Waals surface area contributed by atoms with Gasteiger partial charge in [0.05, 0.1) is 0 Å². The minimum atomic E-state index is -5.42. The summed E-state index contributed by atoms with van der Waals surface area (Å²) in [6.45, 7) is 0. The minimum Gasteiger partial charge on any atom is -0.504 e. The molecule has 0 amide bonds. The molecule has 0 atom stereocenters. The predicted octanol–water partition coefficient (Wildman–Crippen LogP) is 2.59. The van der Waals surface area contributed by atoms with Crippen LogP contribution >= 0.6 is 0 Å². The van der Waals surface area contributed by atoms with Crippen LogP contribution in [-0.2, 0) is 9.59 Å². The normalized spacial score (nSPS) is 13.0. The first-order valence-corrected chi connectivity index (χ1v) is 5.28. The molecule has 0 aromatic rings. The third-order valence-electron chi connectivity index (χ3n) is 1.68. The number of alkyl halides is 12. The Balaban J connectivity index is -0.000000120. The first-order chi connectivity index (χ1) is 11.1. The van der Waals surface area contributed by atoms with Crippen molar-refractivity contribution in [3.63, 3.8) is 0 Å². The van der Waals surface area contributed by atoms with Gasteiger partial charge in [-0.1, -0.05) is 0 Å². The average Bonchev–Trinajstić information content (AvgIpc) is 2.34. The van der Waals surface area contributed by atoms with Gasteiger partial charge in [-0.2, -0.15) is 52.7 Å². The van der Waals surface area contributed by atoms with Crippen molar-refractivity contribution in [1.29, 1.82) is 0 Å². The molecule has 19 heteroatoms. The Labute approximate surface area is 189 Å². The third kappa shape index (κ3) is 17.6. The van der Waals surface area contributed by atoms with Crippen molar-refractivity contribution in [2.45, 2.75) is 24.7 Å². The molecule has 0 unspecified atom stereocenters. The van der Waals surface area contributed by atoms with Gasteiger partial charge in [-0.25, -0.2) is 0 Å². The number of carbonyl (C=O) groups excluding carboxylic acids is 2. The van der Waals surface area contributed by atoms with Crippen LogP contribution in [0.25, 0.3) is 0 Å². The van der Waals surface area contributed by atoms with E-state index >= 15 is 0 Å². The van der Waals surface area contributed by atoms with Crippen LogP contribution in [0.4, 0.5) is 52.7 Å². The molecule has 0 bridgehead atoms. The summed E-state index contributed by atoms with van der Waals surface area (Å²) in [6, 6.07) is 0. The molecule has 182 valence electrons. The van der Waals surface area contributed by atoms with E-state index in [1.807, 2.05) is 0 Å². The second kappa shape index (κ2) is 13.3. The van der Waals surface area contributed by atoms with Crippen LogP contribution in [0.3, 0.4) is 0 Å². The molecule has 0 aliphatic heterocycles. The fourth-order valence-electron chi connectivity index (χ4n) is 0.576. The van der Waals surface area contributed by atoms with Crippen molar-refractivity contribution >= 4 is 11.6 Å². The van der Waals surface area contributed by atoms with Gasteiger partial charge in [0.25, 0.3) is 11.6 Å². The molecular weight excluding hydrogens is 617 g/mol. The topological polar surface area (TPSA) is 138 Å². The SMILES string of the molecule is O.O.O=C(/C=C(/O)C(F)(F)F)C(F)(F)F.O=C(/C=C(/O)C(F)(F)F)C(F)(F)F.[Yb]. The molecule has 0 saturated carbocycles. The number of allylic oxidation sites excluding steroid dienone is 4. The van der Waals surface area contributed by atoms with E-state index in [-0.39, 0.29) is 57.9 Å². The fourth-order valence-corrected chi connectivity index (χ4v) is 0.576. The molecule has 6 N–H and O–H groups in total. The Morgan fingerprint density at radius 2 is 0.690 bits per heavy atom. The number of aliphatic hydroxyl groups is 2. The van der Waals surface area contributed by atoms with Crippen LogP contribution < -0.4 is 0 Å². The molecule has 6 nitrogen and oxygen atoms in total. The van der Waals surface area contributed by atoms with E-state index < -0.39 is 59.9 Å². The van der Waals surface area contributed by atoms with Crippen LogP contribution in [0.15, 0.2) is 23.7 Å². The van der Waals surface area contributed by atoms with Crippen LogP contribution in [0, 0.1) is 46.9 Å². The molecular formula is C10H8F12O6Yb. The van der Waals surface area contributed by atoms with Crippen LogP contribution in [0.1, 0.15) is 0 Å². The Morgan fingerprint density at radius 3 is 0.793 bits per heavy atom. The first kappa shape index (κ1) is 38.6. The summed E-state index contributed by atoms with van der Waals surface area (Å²) in [7, 11) is 0. The third-order valence-corrected chi connectivity index (χ3v) is 1.68. The number of hydrogen-bond acceptors (Lipinski definition) is 4. The fraction of sp³-hybridized carbons (Fsp3) is 0.400. The van der Waals surface area contributed by atoms with E-state index in [1.54, 1.807) is 0 Å². The second-order valence-electron chi connectivity index (χ2n) is 3.78. The van der Waals surface area contributed by atoms with Gasteiger partial charge in [0.1, 0.15) is 0 Å². The molecule has 0 aliphatic carbocycles. The number of halogens is 12. The maximum absolute atomic E-state index is 11.4. The molecule has 0 heterocycles. The molecule has 0 aromatic heterocycles. The van der Waals surface area contributed by atoms with Crippen molar-refractivity contribution in [1.82, 2.24) is 0 Å². The molecule has 0 rings (SSSR count). The van der Waals surface area contributed by atoms with Gasteiger partial charge in [0.15, 0.2) is 0 Å². The van der Waals surface area contributed by atoms with Crippen molar-refractivity contribution in [3.8, 4) is 0 Å². The number of ketones is 2. The predicted molar refractivity (Wildman–Crippen MR) is 62.9 cm³/mol. The number of carbonyl (C=O) groups is 2. The van der Waals surface area contributed by atoms with Crippen molar-refractivity contribution in [2.75, 3.05) is 0 Å². The number of hydrogen-bond donors (Lipinski definition) is 2. The van der Waals surface area contributed by atoms with E-state index in [0.29, 0.717) is 0 Å². The monoisotopic (exact) mass is 626 g/mol. The quantitative estimate of drug-likeness (QED) is 0.277. The van der Waals surface area contributed by atoms with Gasteiger partial charge >= 0.3 is 24.7 Å². The van der Waals surface area contributed by atoms with Gasteiger partial charge in [-0.05, 0) is 0 Å². The molecule has 0 spiro atoms. The maximum atomic E-state index is 11.4. The van der Waals surface area contributed by atoms with Crippen LogP contribution in [-0.4, -0.2) is 57.4 Å². The van der Waals surface area contributed by atoms with Gasteiger partial charge in [0.2, 0.25) is 11.5 Å². The largest absolute Gasteiger partial charge is 0.504 e. The van der Waals surface area contributed by atoms with Gasteiger partial charge < -0.3 is 21.2 Å². The zero-order chi connectivity index (χ0) is 21.7. The molecule has 0 aromatic carbocycles. The molecule has 0 aliphatic rings. The Hall–Kier alpha value is -0.981. The Bertz CT molecular complexity index is 532. The minimum absolute atomic E-state index is 0. The van der Waals surface area contributed by atoms with Gasteiger partial charge in [-0.3, -0.25) is 9.59 Å². The summed E-state index contributed by atoms with van der Waals surface area (Å²) < 4.78 is 136. The molecule has 0 fully saturated rings. The molecule has 0 radical (unpaired) electrons. The van der Waals surface area contributed by atoms with Crippen LogP contribution in [0.5, 0.6) is 0 Å². The summed E-state index contributed by atoms with van der Waals surface area (Å²) in [5.74, 6) is -10.7. The van der Waals surface area contributed by atoms with E-state index in [4.69, 9.17) is 10.2 Å². The Kier molecular flexibility index (Phi) is 17.8. The standard InChI is InChI=1S/2C5H2F6O2.2H2O.Yb/c2*6-4(7,8)2(12)1-3(13)5(9,10)11;;;/h2*1,12H;2*1H2;/b2*2-1+;;;. The zero-order valence-electron chi connectivity index (χ0n) is 12.7. The van der Waals surface area contributed by atoms with Crippen molar-refractivity contribution in [2.24, 2.45) is 0 Å². The smallest absolute Gasteiger partial charge is 0.454 e. The van der Waals surface area contributed by atoms with Gasteiger partial charge in [-0.15, -0.1) is 0 Å².